The molecule has 0 radical (unpaired) electrons. The number of nitrogens with zero attached hydrogens (tertiary/aromatic N) is 2. The SMILES string of the molecule is O=C(NCc1csc(-c2ccccc2)n1)[C@H]1CCCN1C(=O)C1CCCO1. The number of aromatic nitrogens is 1. The molecule has 2 atom stereocenters. The van der Waals surface area contributed by atoms with Crippen molar-refractivity contribution in [3.8, 4) is 10.6 Å². The zero-order chi connectivity index (χ0) is 18.6. The first-order valence-corrected chi connectivity index (χ1v) is 10.3. The van der Waals surface area contributed by atoms with E-state index in [2.05, 4.69) is 10.3 Å². The zero-order valence-electron chi connectivity index (χ0n) is 15.1. The highest BCUT2D eigenvalue weighted by Gasteiger charge is 2.38. The quantitative estimate of drug-likeness (QED) is 0.859. The fraction of sp³-hybridized carbons (Fsp3) is 0.450. The number of rotatable bonds is 5. The van der Waals surface area contributed by atoms with Gasteiger partial charge in [-0.25, -0.2) is 4.98 Å². The van der Waals surface area contributed by atoms with Gasteiger partial charge in [-0.3, -0.25) is 9.59 Å². The molecule has 2 amide bonds. The summed E-state index contributed by atoms with van der Waals surface area (Å²) in [6.45, 7) is 1.64. The van der Waals surface area contributed by atoms with Crippen LogP contribution in [0.5, 0.6) is 0 Å². The van der Waals surface area contributed by atoms with Crippen LogP contribution in [-0.4, -0.2) is 47.0 Å². The molecule has 2 aliphatic rings. The molecular weight excluding hydrogens is 362 g/mol. The third-order valence-corrected chi connectivity index (χ3v) is 6.00. The fourth-order valence-electron chi connectivity index (χ4n) is 3.66. The minimum Gasteiger partial charge on any atom is -0.368 e. The van der Waals surface area contributed by atoms with E-state index in [0.29, 0.717) is 26.1 Å². The Morgan fingerprint density at radius 1 is 1.22 bits per heavy atom. The first-order valence-electron chi connectivity index (χ1n) is 9.42. The number of nitrogens with one attached hydrogen (secondary N) is 1. The van der Waals surface area contributed by atoms with Gasteiger partial charge in [0.15, 0.2) is 0 Å². The minimum atomic E-state index is -0.395. The Morgan fingerprint density at radius 3 is 2.85 bits per heavy atom. The van der Waals surface area contributed by atoms with Crippen LogP contribution < -0.4 is 5.32 Å². The molecule has 1 unspecified atom stereocenters. The van der Waals surface area contributed by atoms with E-state index in [1.54, 1.807) is 16.2 Å². The average molecular weight is 385 g/mol. The fourth-order valence-corrected chi connectivity index (χ4v) is 4.48. The predicted octanol–water partition coefficient (Wildman–Crippen LogP) is 2.60. The largest absolute Gasteiger partial charge is 0.368 e. The van der Waals surface area contributed by atoms with Gasteiger partial charge in [0, 0.05) is 24.1 Å². The summed E-state index contributed by atoms with van der Waals surface area (Å²) < 4.78 is 5.50. The van der Waals surface area contributed by atoms with E-state index in [9.17, 15) is 9.59 Å². The summed E-state index contributed by atoms with van der Waals surface area (Å²) in [6.07, 6.45) is 2.85. The molecule has 7 heteroatoms. The monoisotopic (exact) mass is 385 g/mol. The number of carbonyl (C=O) groups is 2. The lowest BCUT2D eigenvalue weighted by atomic mass is 10.1. The van der Waals surface area contributed by atoms with Crippen molar-refractivity contribution in [2.24, 2.45) is 0 Å². The van der Waals surface area contributed by atoms with Crippen LogP contribution in [0.25, 0.3) is 10.6 Å². The van der Waals surface area contributed by atoms with Gasteiger partial charge < -0.3 is 15.0 Å². The van der Waals surface area contributed by atoms with Gasteiger partial charge in [-0.1, -0.05) is 30.3 Å². The summed E-state index contributed by atoms with van der Waals surface area (Å²) >= 11 is 1.57. The second kappa shape index (κ2) is 8.19. The van der Waals surface area contributed by atoms with Crippen molar-refractivity contribution >= 4 is 23.2 Å². The van der Waals surface area contributed by atoms with Crippen LogP contribution in [0.4, 0.5) is 0 Å². The molecule has 2 aromatic rings. The molecule has 4 rings (SSSR count). The van der Waals surface area contributed by atoms with Crippen LogP contribution in [-0.2, 0) is 20.9 Å². The van der Waals surface area contributed by atoms with Crippen molar-refractivity contribution in [1.29, 1.82) is 0 Å². The molecule has 6 nitrogen and oxygen atoms in total. The molecule has 1 N–H and O–H groups in total. The van der Waals surface area contributed by atoms with Crippen LogP contribution in [0.2, 0.25) is 0 Å². The zero-order valence-corrected chi connectivity index (χ0v) is 15.9. The first kappa shape index (κ1) is 18.1. The summed E-state index contributed by atoms with van der Waals surface area (Å²) in [5.74, 6) is -0.140. The maximum Gasteiger partial charge on any atom is 0.252 e. The highest BCUT2D eigenvalue weighted by Crippen LogP contribution is 2.24. The normalized spacial score (nSPS) is 22.1. The Kier molecular flexibility index (Phi) is 5.50. The molecule has 0 saturated carbocycles. The summed E-state index contributed by atoms with van der Waals surface area (Å²) in [5, 5.41) is 5.86. The van der Waals surface area contributed by atoms with Crippen LogP contribution in [0, 0.1) is 0 Å². The maximum atomic E-state index is 12.7. The third-order valence-electron chi connectivity index (χ3n) is 5.06. The Morgan fingerprint density at radius 2 is 2.07 bits per heavy atom. The number of benzene rings is 1. The van der Waals surface area contributed by atoms with Crippen molar-refractivity contribution in [3.05, 3.63) is 41.4 Å². The van der Waals surface area contributed by atoms with Gasteiger partial charge in [0.1, 0.15) is 17.2 Å². The molecule has 142 valence electrons. The Balaban J connectivity index is 1.35. The smallest absolute Gasteiger partial charge is 0.252 e. The Labute approximate surface area is 162 Å². The van der Waals surface area contributed by atoms with Gasteiger partial charge in [0.2, 0.25) is 5.91 Å². The van der Waals surface area contributed by atoms with Crippen molar-refractivity contribution < 1.29 is 14.3 Å². The molecule has 27 heavy (non-hydrogen) atoms. The predicted molar refractivity (Wildman–Crippen MR) is 103 cm³/mol. The Bertz CT molecular complexity index is 802. The number of hydrogen-bond donors (Lipinski definition) is 1. The van der Waals surface area contributed by atoms with Crippen molar-refractivity contribution in [2.75, 3.05) is 13.2 Å². The van der Waals surface area contributed by atoms with Crippen molar-refractivity contribution in [1.82, 2.24) is 15.2 Å². The lowest BCUT2D eigenvalue weighted by molar-refractivity contribution is -0.145. The average Bonchev–Trinajstić information content (AvgIpc) is 3.47. The van der Waals surface area contributed by atoms with Crippen LogP contribution in [0.3, 0.4) is 0 Å². The highest BCUT2D eigenvalue weighted by molar-refractivity contribution is 7.13. The maximum absolute atomic E-state index is 12.7. The van der Waals surface area contributed by atoms with E-state index < -0.39 is 6.04 Å². The van der Waals surface area contributed by atoms with E-state index in [1.165, 1.54) is 0 Å². The first-order chi connectivity index (χ1) is 13.2. The van der Waals surface area contributed by atoms with E-state index >= 15 is 0 Å². The molecule has 0 bridgehead atoms. The van der Waals surface area contributed by atoms with E-state index in [1.807, 2.05) is 35.7 Å². The molecule has 1 aromatic carbocycles. The van der Waals surface area contributed by atoms with Gasteiger partial charge in [-0.15, -0.1) is 11.3 Å². The molecule has 2 fully saturated rings. The lowest BCUT2D eigenvalue weighted by Crippen LogP contribution is -2.48. The van der Waals surface area contributed by atoms with Crippen LogP contribution in [0.1, 0.15) is 31.4 Å². The molecular formula is C20H23N3O3S. The summed E-state index contributed by atoms with van der Waals surface area (Å²) in [6, 6.07) is 9.59. The van der Waals surface area contributed by atoms with E-state index in [0.717, 1.165) is 35.5 Å². The molecule has 0 aliphatic carbocycles. The van der Waals surface area contributed by atoms with E-state index in [-0.39, 0.29) is 17.9 Å². The topological polar surface area (TPSA) is 71.5 Å². The summed E-state index contributed by atoms with van der Waals surface area (Å²) in [7, 11) is 0. The van der Waals surface area contributed by atoms with Gasteiger partial charge >= 0.3 is 0 Å². The summed E-state index contributed by atoms with van der Waals surface area (Å²) in [4.78, 5) is 31.6. The number of ether oxygens (including phenoxy) is 1. The highest BCUT2D eigenvalue weighted by atomic mass is 32.1. The number of likely N-dealkylation sites (tertiary alicyclic amines) is 1. The van der Waals surface area contributed by atoms with Crippen LogP contribution in [0.15, 0.2) is 35.7 Å². The van der Waals surface area contributed by atoms with Gasteiger partial charge in [0.05, 0.1) is 12.2 Å². The number of amides is 2. The number of hydrogen-bond acceptors (Lipinski definition) is 5. The number of thiazole rings is 1. The second-order valence-electron chi connectivity index (χ2n) is 6.92. The molecule has 2 saturated heterocycles. The van der Waals surface area contributed by atoms with E-state index in [4.69, 9.17) is 4.74 Å². The summed E-state index contributed by atoms with van der Waals surface area (Å²) in [5.41, 5.74) is 1.91. The van der Waals surface area contributed by atoms with Crippen molar-refractivity contribution in [2.45, 2.75) is 44.4 Å². The molecule has 2 aliphatic heterocycles. The van der Waals surface area contributed by atoms with Gasteiger partial charge in [-0.2, -0.15) is 0 Å². The minimum absolute atomic E-state index is 0.0369. The number of carbonyl (C=O) groups excluding carboxylic acids is 2. The third kappa shape index (κ3) is 4.04. The lowest BCUT2D eigenvalue weighted by Gasteiger charge is -2.26. The Hall–Kier alpha value is -2.25. The second-order valence-corrected chi connectivity index (χ2v) is 7.78. The molecule has 3 heterocycles. The van der Waals surface area contributed by atoms with Gasteiger partial charge in [-0.05, 0) is 25.7 Å². The molecule has 0 spiro atoms. The van der Waals surface area contributed by atoms with Gasteiger partial charge in [0.25, 0.3) is 5.91 Å². The standard InChI is InChI=1S/C20H23N3O3S/c24-18(16-8-4-10-23(16)20(25)17-9-5-11-26-17)21-12-15-13-27-19(22-15)14-6-2-1-3-7-14/h1-3,6-7,13,16-17H,4-5,8-12H2,(H,21,24)/t16-,17?/m1/s1. The molecule has 1 aromatic heterocycles. The van der Waals surface area contributed by atoms with Crippen molar-refractivity contribution in [3.63, 3.8) is 0 Å². The van der Waals surface area contributed by atoms with Crippen LogP contribution >= 0.6 is 11.3 Å².